The maximum absolute atomic E-state index is 4.50. The number of rotatable bonds is 5. The molecule has 0 unspecified atom stereocenters. The predicted octanol–water partition coefficient (Wildman–Crippen LogP) is 2.56. The lowest BCUT2D eigenvalue weighted by Crippen LogP contribution is -2.08. The molecule has 0 radical (unpaired) electrons. The number of hydrogen-bond acceptors (Lipinski definition) is 5. The zero-order valence-corrected chi connectivity index (χ0v) is 12.8. The minimum atomic E-state index is 0.746. The standard InChI is InChI=1S/C14H22N6/c1-6-11-12(8-20(5)19-11)18-14-9(3)13(15-7-2)16-10(4)17-14/h8H,6-7H2,1-5H3,(H2,15,16,17,18). The molecule has 108 valence electrons. The molecule has 20 heavy (non-hydrogen) atoms. The van der Waals surface area contributed by atoms with Crippen molar-refractivity contribution >= 4 is 17.3 Å². The molecule has 2 heterocycles. The van der Waals surface area contributed by atoms with E-state index in [0.29, 0.717) is 0 Å². The van der Waals surface area contributed by atoms with Gasteiger partial charge in [0.25, 0.3) is 0 Å². The van der Waals surface area contributed by atoms with E-state index in [2.05, 4.69) is 39.5 Å². The third kappa shape index (κ3) is 2.89. The zero-order chi connectivity index (χ0) is 14.7. The van der Waals surface area contributed by atoms with Gasteiger partial charge >= 0.3 is 0 Å². The molecule has 2 aromatic heterocycles. The van der Waals surface area contributed by atoms with E-state index in [9.17, 15) is 0 Å². The van der Waals surface area contributed by atoms with Crippen molar-refractivity contribution in [2.75, 3.05) is 17.2 Å². The summed E-state index contributed by atoms with van der Waals surface area (Å²) in [5, 5.41) is 11.1. The van der Waals surface area contributed by atoms with Gasteiger partial charge in [0.15, 0.2) is 0 Å². The van der Waals surface area contributed by atoms with Crippen LogP contribution in [0.1, 0.15) is 30.9 Å². The van der Waals surface area contributed by atoms with Gasteiger partial charge in [-0.1, -0.05) is 6.92 Å². The summed E-state index contributed by atoms with van der Waals surface area (Å²) >= 11 is 0. The molecular formula is C14H22N6. The summed E-state index contributed by atoms with van der Waals surface area (Å²) in [5.41, 5.74) is 3.05. The molecule has 6 nitrogen and oxygen atoms in total. The highest BCUT2D eigenvalue weighted by molar-refractivity contribution is 5.65. The van der Waals surface area contributed by atoms with Crippen LogP contribution in [-0.2, 0) is 13.5 Å². The van der Waals surface area contributed by atoms with Crippen LogP contribution in [0.2, 0.25) is 0 Å². The van der Waals surface area contributed by atoms with E-state index in [1.807, 2.05) is 31.8 Å². The Labute approximate surface area is 119 Å². The van der Waals surface area contributed by atoms with Gasteiger partial charge in [-0.2, -0.15) is 5.10 Å². The second kappa shape index (κ2) is 5.90. The lowest BCUT2D eigenvalue weighted by atomic mass is 10.2. The Morgan fingerprint density at radius 1 is 1.15 bits per heavy atom. The van der Waals surface area contributed by atoms with E-state index >= 15 is 0 Å². The summed E-state index contributed by atoms with van der Waals surface area (Å²) in [7, 11) is 1.92. The molecule has 2 aromatic rings. The summed E-state index contributed by atoms with van der Waals surface area (Å²) in [6.07, 6.45) is 2.86. The van der Waals surface area contributed by atoms with Crippen LogP contribution in [0.25, 0.3) is 0 Å². The van der Waals surface area contributed by atoms with Crippen LogP contribution in [0, 0.1) is 13.8 Å². The second-order valence-electron chi connectivity index (χ2n) is 4.77. The predicted molar refractivity (Wildman–Crippen MR) is 81.5 cm³/mol. The molecule has 0 bridgehead atoms. The Morgan fingerprint density at radius 2 is 1.85 bits per heavy atom. The lowest BCUT2D eigenvalue weighted by molar-refractivity contribution is 0.746. The van der Waals surface area contributed by atoms with Crippen molar-refractivity contribution < 1.29 is 0 Å². The van der Waals surface area contributed by atoms with Crippen molar-refractivity contribution in [2.24, 2.45) is 7.05 Å². The van der Waals surface area contributed by atoms with Gasteiger partial charge in [0.2, 0.25) is 0 Å². The minimum absolute atomic E-state index is 0.746. The van der Waals surface area contributed by atoms with E-state index in [4.69, 9.17) is 0 Å². The van der Waals surface area contributed by atoms with Gasteiger partial charge in [-0.25, -0.2) is 9.97 Å². The van der Waals surface area contributed by atoms with Crippen molar-refractivity contribution in [3.8, 4) is 0 Å². The molecule has 0 aliphatic rings. The van der Waals surface area contributed by atoms with Crippen LogP contribution >= 0.6 is 0 Å². The Kier molecular flexibility index (Phi) is 4.22. The first kappa shape index (κ1) is 14.3. The smallest absolute Gasteiger partial charge is 0.139 e. The summed E-state index contributed by atoms with van der Waals surface area (Å²) in [6.45, 7) is 8.90. The van der Waals surface area contributed by atoms with Crippen LogP contribution < -0.4 is 10.6 Å². The normalized spacial score (nSPS) is 10.7. The van der Waals surface area contributed by atoms with Gasteiger partial charge in [0.05, 0.1) is 11.4 Å². The van der Waals surface area contributed by atoms with Gasteiger partial charge in [-0.3, -0.25) is 4.68 Å². The van der Waals surface area contributed by atoms with E-state index < -0.39 is 0 Å². The van der Waals surface area contributed by atoms with Gasteiger partial charge < -0.3 is 10.6 Å². The molecule has 0 aromatic carbocycles. The highest BCUT2D eigenvalue weighted by atomic mass is 15.3. The first-order chi connectivity index (χ1) is 9.55. The van der Waals surface area contributed by atoms with Crippen molar-refractivity contribution in [2.45, 2.75) is 34.1 Å². The van der Waals surface area contributed by atoms with Gasteiger partial charge in [0, 0.05) is 25.4 Å². The largest absolute Gasteiger partial charge is 0.370 e. The topological polar surface area (TPSA) is 67.7 Å². The van der Waals surface area contributed by atoms with Gasteiger partial charge in [-0.15, -0.1) is 0 Å². The number of hydrogen-bond donors (Lipinski definition) is 2. The molecule has 0 aliphatic carbocycles. The molecule has 0 saturated carbocycles. The highest BCUT2D eigenvalue weighted by Crippen LogP contribution is 2.25. The lowest BCUT2D eigenvalue weighted by Gasteiger charge is -2.13. The highest BCUT2D eigenvalue weighted by Gasteiger charge is 2.12. The van der Waals surface area contributed by atoms with E-state index in [1.54, 1.807) is 0 Å². The fraction of sp³-hybridized carbons (Fsp3) is 0.500. The van der Waals surface area contributed by atoms with E-state index in [1.165, 1.54) is 0 Å². The number of aromatic nitrogens is 4. The minimum Gasteiger partial charge on any atom is -0.370 e. The average molecular weight is 274 g/mol. The molecule has 0 atom stereocenters. The molecule has 0 aliphatic heterocycles. The molecule has 0 saturated heterocycles. The summed E-state index contributed by atoms with van der Waals surface area (Å²) < 4.78 is 1.82. The fourth-order valence-corrected chi connectivity index (χ4v) is 2.12. The first-order valence-electron chi connectivity index (χ1n) is 6.93. The molecule has 6 heteroatoms. The van der Waals surface area contributed by atoms with Crippen LogP contribution in [0.3, 0.4) is 0 Å². The van der Waals surface area contributed by atoms with Crippen molar-refractivity contribution in [1.82, 2.24) is 19.7 Å². The maximum Gasteiger partial charge on any atom is 0.139 e. The van der Waals surface area contributed by atoms with E-state index in [0.717, 1.165) is 47.4 Å². The number of anilines is 3. The fourth-order valence-electron chi connectivity index (χ4n) is 2.12. The average Bonchev–Trinajstić information content (AvgIpc) is 2.75. The first-order valence-corrected chi connectivity index (χ1v) is 6.93. The Morgan fingerprint density at radius 3 is 2.50 bits per heavy atom. The molecule has 0 fully saturated rings. The second-order valence-corrected chi connectivity index (χ2v) is 4.77. The summed E-state index contributed by atoms with van der Waals surface area (Å²) in [6, 6.07) is 0. The number of nitrogens with one attached hydrogen (secondary N) is 2. The third-order valence-corrected chi connectivity index (χ3v) is 3.10. The van der Waals surface area contributed by atoms with Crippen molar-refractivity contribution in [1.29, 1.82) is 0 Å². The van der Waals surface area contributed by atoms with Crippen molar-refractivity contribution in [3.05, 3.63) is 23.3 Å². The van der Waals surface area contributed by atoms with Crippen LogP contribution in [0.5, 0.6) is 0 Å². The van der Waals surface area contributed by atoms with E-state index in [-0.39, 0.29) is 0 Å². The maximum atomic E-state index is 4.50. The van der Waals surface area contributed by atoms with Crippen LogP contribution in [0.15, 0.2) is 6.20 Å². The Balaban J connectivity index is 2.37. The van der Waals surface area contributed by atoms with Crippen molar-refractivity contribution in [3.63, 3.8) is 0 Å². The molecule has 0 spiro atoms. The molecular weight excluding hydrogens is 252 g/mol. The van der Waals surface area contributed by atoms with Crippen LogP contribution in [-0.4, -0.2) is 26.3 Å². The number of nitrogens with zero attached hydrogens (tertiary/aromatic N) is 4. The number of aryl methyl sites for hydroxylation is 3. The Hall–Kier alpha value is -2.11. The molecule has 2 N–H and O–H groups in total. The third-order valence-electron chi connectivity index (χ3n) is 3.10. The summed E-state index contributed by atoms with van der Waals surface area (Å²) in [4.78, 5) is 8.93. The quantitative estimate of drug-likeness (QED) is 0.877. The van der Waals surface area contributed by atoms with Crippen LogP contribution in [0.4, 0.5) is 17.3 Å². The summed E-state index contributed by atoms with van der Waals surface area (Å²) in [5.74, 6) is 2.46. The van der Waals surface area contributed by atoms with Gasteiger partial charge in [0.1, 0.15) is 17.5 Å². The Bertz CT molecular complexity index is 602. The van der Waals surface area contributed by atoms with Gasteiger partial charge in [-0.05, 0) is 27.2 Å². The molecule has 2 rings (SSSR count). The monoisotopic (exact) mass is 274 g/mol. The SMILES string of the molecule is CCNc1nc(C)nc(Nc2cn(C)nc2CC)c1C. The molecule has 0 amide bonds. The zero-order valence-electron chi connectivity index (χ0n) is 12.8.